The van der Waals surface area contributed by atoms with Crippen LogP contribution in [0.15, 0.2) is 24.3 Å². The average molecular weight is 257 g/mol. The fourth-order valence-corrected chi connectivity index (χ4v) is 2.05. The minimum atomic E-state index is 0.251. The largest absolute Gasteiger partial charge is 0.508 e. The van der Waals surface area contributed by atoms with Gasteiger partial charge in [0.25, 0.3) is 0 Å². The first kappa shape index (κ1) is 13.1. The third kappa shape index (κ3) is 2.42. The smallest absolute Gasteiger partial charge is 0.115 e. The van der Waals surface area contributed by atoms with Crippen molar-refractivity contribution in [3.05, 3.63) is 41.0 Å². The minimum absolute atomic E-state index is 0.251. The molecule has 0 saturated carbocycles. The van der Waals surface area contributed by atoms with E-state index in [1.54, 1.807) is 12.1 Å². The van der Waals surface area contributed by atoms with Crippen molar-refractivity contribution in [2.45, 2.75) is 20.8 Å². The number of hydrogen-bond donors (Lipinski definition) is 4. The Kier molecular flexibility index (Phi) is 3.25. The van der Waals surface area contributed by atoms with Gasteiger partial charge in [0.15, 0.2) is 0 Å². The molecule has 0 unspecified atom stereocenters. The number of rotatable bonds is 2. The predicted molar refractivity (Wildman–Crippen MR) is 80.9 cm³/mol. The molecule has 0 spiro atoms. The van der Waals surface area contributed by atoms with Crippen LogP contribution in [0.4, 0.5) is 22.7 Å². The maximum Gasteiger partial charge on any atom is 0.115 e. The van der Waals surface area contributed by atoms with Gasteiger partial charge in [-0.3, -0.25) is 0 Å². The molecule has 2 aromatic carbocycles. The van der Waals surface area contributed by atoms with E-state index >= 15 is 0 Å². The summed E-state index contributed by atoms with van der Waals surface area (Å²) in [6.45, 7) is 5.79. The summed E-state index contributed by atoms with van der Waals surface area (Å²) in [5.41, 5.74) is 18.0. The first-order chi connectivity index (χ1) is 8.90. The van der Waals surface area contributed by atoms with Gasteiger partial charge in [-0.2, -0.15) is 0 Å². The van der Waals surface area contributed by atoms with Gasteiger partial charge in [0.05, 0.1) is 11.4 Å². The molecule has 0 heterocycles. The van der Waals surface area contributed by atoms with Gasteiger partial charge in [-0.15, -0.1) is 0 Å². The normalized spacial score (nSPS) is 10.5. The Morgan fingerprint density at radius 2 is 1.58 bits per heavy atom. The molecule has 0 aliphatic heterocycles. The van der Waals surface area contributed by atoms with E-state index in [-0.39, 0.29) is 5.75 Å². The molecule has 0 aromatic heterocycles. The van der Waals surface area contributed by atoms with Crippen molar-refractivity contribution in [1.82, 2.24) is 0 Å². The molecular weight excluding hydrogens is 238 g/mol. The Hall–Kier alpha value is -2.36. The number of benzene rings is 2. The quantitative estimate of drug-likeness (QED) is 0.491. The summed E-state index contributed by atoms with van der Waals surface area (Å²) in [6, 6.07) is 7.10. The predicted octanol–water partition coefficient (Wildman–Crippen LogP) is 3.23. The van der Waals surface area contributed by atoms with E-state index in [9.17, 15) is 5.11 Å². The number of nitrogen functional groups attached to an aromatic ring is 2. The number of hydrogen-bond acceptors (Lipinski definition) is 4. The first-order valence-corrected chi connectivity index (χ1v) is 6.12. The van der Waals surface area contributed by atoms with Crippen LogP contribution < -0.4 is 16.8 Å². The van der Waals surface area contributed by atoms with Gasteiger partial charge in [0.1, 0.15) is 5.75 Å². The highest BCUT2D eigenvalue weighted by Gasteiger charge is 2.09. The zero-order valence-corrected chi connectivity index (χ0v) is 11.4. The van der Waals surface area contributed by atoms with Crippen molar-refractivity contribution in [2.75, 3.05) is 16.8 Å². The van der Waals surface area contributed by atoms with E-state index < -0.39 is 0 Å². The zero-order chi connectivity index (χ0) is 14.2. The van der Waals surface area contributed by atoms with Crippen LogP contribution in [0.25, 0.3) is 0 Å². The highest BCUT2D eigenvalue weighted by atomic mass is 16.3. The monoisotopic (exact) mass is 257 g/mol. The Morgan fingerprint density at radius 1 is 0.895 bits per heavy atom. The van der Waals surface area contributed by atoms with Crippen molar-refractivity contribution < 1.29 is 5.11 Å². The lowest BCUT2D eigenvalue weighted by molar-refractivity contribution is 0.475. The van der Waals surface area contributed by atoms with Gasteiger partial charge in [0.2, 0.25) is 0 Å². The van der Waals surface area contributed by atoms with E-state index in [0.717, 1.165) is 33.8 Å². The lowest BCUT2D eigenvalue weighted by Gasteiger charge is -2.16. The molecule has 0 aliphatic rings. The van der Waals surface area contributed by atoms with Gasteiger partial charge >= 0.3 is 0 Å². The van der Waals surface area contributed by atoms with Crippen molar-refractivity contribution in [1.29, 1.82) is 0 Å². The lowest BCUT2D eigenvalue weighted by Crippen LogP contribution is -2.04. The van der Waals surface area contributed by atoms with E-state index in [1.165, 1.54) is 0 Å². The molecule has 2 rings (SSSR count). The lowest BCUT2D eigenvalue weighted by atomic mass is 10.0. The molecule has 0 saturated heterocycles. The Morgan fingerprint density at radius 3 is 2.21 bits per heavy atom. The van der Waals surface area contributed by atoms with Crippen LogP contribution in [0.3, 0.4) is 0 Å². The van der Waals surface area contributed by atoms with Crippen molar-refractivity contribution in [3.8, 4) is 5.75 Å². The maximum absolute atomic E-state index is 9.41. The fourth-order valence-electron chi connectivity index (χ4n) is 2.05. The summed E-state index contributed by atoms with van der Waals surface area (Å²) in [7, 11) is 0. The molecule has 2 aromatic rings. The topological polar surface area (TPSA) is 84.3 Å². The summed E-state index contributed by atoms with van der Waals surface area (Å²) >= 11 is 0. The van der Waals surface area contributed by atoms with Gasteiger partial charge in [-0.05, 0) is 61.7 Å². The molecule has 0 amide bonds. The standard InChI is InChI=1S/C15H19N3O/c1-8-6-11(19)4-5-12(8)18-13-7-9(2)14(16)10(3)15(13)17/h4-7,18-19H,16-17H2,1-3H3. The van der Waals surface area contributed by atoms with Gasteiger partial charge in [0, 0.05) is 11.4 Å². The van der Waals surface area contributed by atoms with Crippen LogP contribution in [0.1, 0.15) is 16.7 Å². The summed E-state index contributed by atoms with van der Waals surface area (Å²) in [6.07, 6.45) is 0. The third-order valence-electron chi connectivity index (χ3n) is 3.36. The molecule has 100 valence electrons. The molecule has 6 N–H and O–H groups in total. The van der Waals surface area contributed by atoms with Crippen molar-refractivity contribution in [3.63, 3.8) is 0 Å². The molecule has 0 radical (unpaired) electrons. The number of aryl methyl sites for hydroxylation is 2. The molecule has 0 aliphatic carbocycles. The molecule has 4 nitrogen and oxygen atoms in total. The third-order valence-corrected chi connectivity index (χ3v) is 3.36. The van der Waals surface area contributed by atoms with E-state index in [1.807, 2.05) is 32.9 Å². The Bertz CT molecular complexity index is 636. The Labute approximate surface area is 113 Å². The second kappa shape index (κ2) is 4.72. The van der Waals surface area contributed by atoms with Gasteiger partial charge in [-0.25, -0.2) is 0 Å². The first-order valence-electron chi connectivity index (χ1n) is 6.12. The summed E-state index contributed by atoms with van der Waals surface area (Å²) < 4.78 is 0. The number of anilines is 4. The number of aromatic hydroxyl groups is 1. The molecule has 19 heavy (non-hydrogen) atoms. The molecule has 4 heteroatoms. The fraction of sp³-hybridized carbons (Fsp3) is 0.200. The number of phenols is 1. The summed E-state index contributed by atoms with van der Waals surface area (Å²) in [4.78, 5) is 0. The number of nitrogens with two attached hydrogens (primary N) is 2. The van der Waals surface area contributed by atoms with Crippen LogP contribution >= 0.6 is 0 Å². The SMILES string of the molecule is Cc1cc(O)ccc1Nc1cc(C)c(N)c(C)c1N. The van der Waals surface area contributed by atoms with Crippen LogP contribution in [0, 0.1) is 20.8 Å². The minimum Gasteiger partial charge on any atom is -0.508 e. The molecule has 0 fully saturated rings. The molecular formula is C15H19N3O. The van der Waals surface area contributed by atoms with E-state index in [0.29, 0.717) is 5.69 Å². The van der Waals surface area contributed by atoms with Crippen LogP contribution in [0.5, 0.6) is 5.75 Å². The van der Waals surface area contributed by atoms with Crippen LogP contribution in [-0.2, 0) is 0 Å². The highest BCUT2D eigenvalue weighted by molar-refractivity contribution is 5.82. The zero-order valence-electron chi connectivity index (χ0n) is 11.4. The van der Waals surface area contributed by atoms with Crippen LogP contribution in [-0.4, -0.2) is 5.11 Å². The second-order valence-corrected chi connectivity index (χ2v) is 4.82. The average Bonchev–Trinajstić information content (AvgIpc) is 2.36. The summed E-state index contributed by atoms with van der Waals surface area (Å²) in [5.74, 6) is 0.251. The van der Waals surface area contributed by atoms with E-state index in [2.05, 4.69) is 5.32 Å². The molecule has 0 atom stereocenters. The van der Waals surface area contributed by atoms with Crippen LogP contribution in [0.2, 0.25) is 0 Å². The van der Waals surface area contributed by atoms with E-state index in [4.69, 9.17) is 11.5 Å². The number of nitrogens with one attached hydrogen (secondary N) is 1. The van der Waals surface area contributed by atoms with Gasteiger partial charge in [-0.1, -0.05) is 0 Å². The van der Waals surface area contributed by atoms with Crippen molar-refractivity contribution >= 4 is 22.7 Å². The Balaban J connectivity index is 2.44. The van der Waals surface area contributed by atoms with Crippen molar-refractivity contribution in [2.24, 2.45) is 0 Å². The maximum atomic E-state index is 9.41. The summed E-state index contributed by atoms with van der Waals surface area (Å²) in [5, 5.41) is 12.7. The highest BCUT2D eigenvalue weighted by Crippen LogP contribution is 2.33. The molecule has 0 bridgehead atoms. The van der Waals surface area contributed by atoms with Gasteiger partial charge < -0.3 is 21.9 Å². The number of phenolic OH excluding ortho intramolecular Hbond substituents is 1. The second-order valence-electron chi connectivity index (χ2n) is 4.82.